The number of primary amides is 2. The molecule has 0 unspecified atom stereocenters. The fourth-order valence-corrected chi connectivity index (χ4v) is 2.01. The predicted octanol–water partition coefficient (Wildman–Crippen LogP) is -0.874. The van der Waals surface area contributed by atoms with Gasteiger partial charge in [0.2, 0.25) is 0 Å². The summed E-state index contributed by atoms with van der Waals surface area (Å²) in [7, 11) is 0. The van der Waals surface area contributed by atoms with Crippen LogP contribution in [0.1, 0.15) is 19.3 Å². The molecular formula is C7H6N6O2S. The predicted molar refractivity (Wildman–Crippen MR) is 54.5 cm³/mol. The van der Waals surface area contributed by atoms with E-state index in [0.29, 0.717) is 5.56 Å². The van der Waals surface area contributed by atoms with Gasteiger partial charge in [0, 0.05) is 5.56 Å². The van der Waals surface area contributed by atoms with Gasteiger partial charge in [-0.15, -0.1) is 16.4 Å². The third-order valence-electron chi connectivity index (χ3n) is 1.80. The molecule has 0 aliphatic carbocycles. The second-order valence-corrected chi connectivity index (χ2v) is 3.88. The zero-order chi connectivity index (χ0) is 11.7. The second-order valence-electron chi connectivity index (χ2n) is 2.83. The SMILES string of the molecule is NC(=O)c1cc(-c2nnn[nH]2)c(C(N)=O)s1. The van der Waals surface area contributed by atoms with Gasteiger partial charge in [-0.25, -0.2) is 5.10 Å². The van der Waals surface area contributed by atoms with Crippen LogP contribution in [0.15, 0.2) is 6.07 Å². The Balaban J connectivity index is 2.59. The summed E-state index contributed by atoms with van der Waals surface area (Å²) in [5.74, 6) is -1.03. The molecule has 0 aromatic carbocycles. The van der Waals surface area contributed by atoms with Gasteiger partial charge >= 0.3 is 0 Å². The highest BCUT2D eigenvalue weighted by molar-refractivity contribution is 7.16. The van der Waals surface area contributed by atoms with Crippen molar-refractivity contribution in [1.29, 1.82) is 0 Å². The Morgan fingerprint density at radius 1 is 1.31 bits per heavy atom. The summed E-state index contributed by atoms with van der Waals surface area (Å²) >= 11 is 0.909. The summed E-state index contributed by atoms with van der Waals surface area (Å²) in [6.07, 6.45) is 0. The minimum atomic E-state index is -0.663. The number of amides is 2. The van der Waals surface area contributed by atoms with Crippen LogP contribution in [0.3, 0.4) is 0 Å². The van der Waals surface area contributed by atoms with E-state index in [9.17, 15) is 9.59 Å². The summed E-state index contributed by atoms with van der Waals surface area (Å²) in [5, 5.41) is 12.8. The van der Waals surface area contributed by atoms with Crippen molar-refractivity contribution in [3.05, 3.63) is 15.8 Å². The molecule has 5 N–H and O–H groups in total. The molecule has 0 saturated heterocycles. The van der Waals surface area contributed by atoms with Gasteiger partial charge in [-0.05, 0) is 16.5 Å². The number of hydrogen-bond acceptors (Lipinski definition) is 6. The van der Waals surface area contributed by atoms with Gasteiger partial charge in [-0.2, -0.15) is 0 Å². The molecule has 82 valence electrons. The number of aromatic nitrogens is 4. The highest BCUT2D eigenvalue weighted by Crippen LogP contribution is 2.28. The number of thiophene rings is 1. The summed E-state index contributed by atoms with van der Waals surface area (Å²) in [6.45, 7) is 0. The molecule has 0 saturated carbocycles. The number of hydrogen-bond donors (Lipinski definition) is 3. The van der Waals surface area contributed by atoms with Crippen LogP contribution in [0.4, 0.5) is 0 Å². The van der Waals surface area contributed by atoms with Gasteiger partial charge in [0.05, 0.1) is 4.88 Å². The van der Waals surface area contributed by atoms with Gasteiger partial charge in [0.1, 0.15) is 4.88 Å². The highest BCUT2D eigenvalue weighted by Gasteiger charge is 2.19. The fourth-order valence-electron chi connectivity index (χ4n) is 1.14. The van der Waals surface area contributed by atoms with E-state index in [-0.39, 0.29) is 15.6 Å². The normalized spacial score (nSPS) is 10.2. The average Bonchev–Trinajstić information content (AvgIpc) is 2.86. The number of nitrogens with two attached hydrogens (primary N) is 2. The van der Waals surface area contributed by atoms with Crippen molar-refractivity contribution in [1.82, 2.24) is 20.6 Å². The Kier molecular flexibility index (Phi) is 2.37. The highest BCUT2D eigenvalue weighted by atomic mass is 32.1. The molecule has 2 heterocycles. The first-order valence-corrected chi connectivity index (χ1v) is 4.88. The van der Waals surface area contributed by atoms with Crippen LogP contribution in [0, 0.1) is 0 Å². The molecule has 9 heteroatoms. The van der Waals surface area contributed by atoms with Gasteiger partial charge in [0.15, 0.2) is 5.82 Å². The lowest BCUT2D eigenvalue weighted by atomic mass is 10.2. The number of rotatable bonds is 3. The molecule has 8 nitrogen and oxygen atoms in total. The van der Waals surface area contributed by atoms with E-state index >= 15 is 0 Å². The van der Waals surface area contributed by atoms with Gasteiger partial charge in [0.25, 0.3) is 11.8 Å². The number of carbonyl (C=O) groups is 2. The summed E-state index contributed by atoms with van der Waals surface area (Å²) in [5.41, 5.74) is 10.6. The van der Waals surface area contributed by atoms with Crippen molar-refractivity contribution >= 4 is 23.2 Å². The Morgan fingerprint density at radius 3 is 2.56 bits per heavy atom. The molecule has 2 rings (SSSR count). The third-order valence-corrected chi connectivity index (χ3v) is 2.96. The zero-order valence-corrected chi connectivity index (χ0v) is 8.61. The lowest BCUT2D eigenvalue weighted by Gasteiger charge is -1.92. The molecule has 16 heavy (non-hydrogen) atoms. The summed E-state index contributed by atoms with van der Waals surface area (Å²) in [4.78, 5) is 22.5. The third kappa shape index (κ3) is 1.63. The van der Waals surface area contributed by atoms with Crippen molar-refractivity contribution in [2.75, 3.05) is 0 Å². The molecule has 0 aliphatic heterocycles. The summed E-state index contributed by atoms with van der Waals surface area (Å²) in [6, 6.07) is 1.43. The number of carbonyl (C=O) groups excluding carboxylic acids is 2. The van der Waals surface area contributed by atoms with Crippen LogP contribution in [0.2, 0.25) is 0 Å². The smallest absolute Gasteiger partial charge is 0.259 e. The fraction of sp³-hybridized carbons (Fsp3) is 0. The molecule has 2 aromatic heterocycles. The Hall–Kier alpha value is -2.29. The molecule has 0 fully saturated rings. The van der Waals surface area contributed by atoms with E-state index in [2.05, 4.69) is 20.6 Å². The van der Waals surface area contributed by atoms with E-state index in [0.717, 1.165) is 11.3 Å². The van der Waals surface area contributed by atoms with Gasteiger partial charge in [-0.3, -0.25) is 9.59 Å². The lowest BCUT2D eigenvalue weighted by molar-refractivity contribution is 0.0997. The first-order chi connectivity index (χ1) is 7.59. The van der Waals surface area contributed by atoms with Crippen LogP contribution in [-0.4, -0.2) is 32.4 Å². The Labute approximate surface area is 92.6 Å². The van der Waals surface area contributed by atoms with Crippen LogP contribution in [-0.2, 0) is 0 Å². The lowest BCUT2D eigenvalue weighted by Crippen LogP contribution is -2.10. The second kappa shape index (κ2) is 3.70. The molecule has 2 aromatic rings. The van der Waals surface area contributed by atoms with Crippen LogP contribution < -0.4 is 11.5 Å². The minimum Gasteiger partial charge on any atom is -0.365 e. The van der Waals surface area contributed by atoms with E-state index in [1.807, 2.05) is 0 Å². The van der Waals surface area contributed by atoms with E-state index in [4.69, 9.17) is 11.5 Å². The van der Waals surface area contributed by atoms with Crippen LogP contribution in [0.25, 0.3) is 11.4 Å². The summed E-state index contributed by atoms with van der Waals surface area (Å²) < 4.78 is 0. The van der Waals surface area contributed by atoms with E-state index in [1.54, 1.807) is 0 Å². The maximum absolute atomic E-state index is 11.2. The molecular weight excluding hydrogens is 232 g/mol. The van der Waals surface area contributed by atoms with Crippen molar-refractivity contribution < 1.29 is 9.59 Å². The van der Waals surface area contributed by atoms with Gasteiger partial charge in [-0.1, -0.05) is 0 Å². The monoisotopic (exact) mass is 238 g/mol. The largest absolute Gasteiger partial charge is 0.365 e. The molecule has 0 spiro atoms. The number of nitrogens with one attached hydrogen (secondary N) is 1. The maximum atomic E-state index is 11.2. The van der Waals surface area contributed by atoms with Crippen molar-refractivity contribution in [2.45, 2.75) is 0 Å². The number of tetrazole rings is 1. The maximum Gasteiger partial charge on any atom is 0.259 e. The van der Waals surface area contributed by atoms with Crippen LogP contribution >= 0.6 is 11.3 Å². The standard InChI is InChI=1S/C7H6N6O2S/c8-5(14)3-1-2(4(16-3)6(9)15)7-10-12-13-11-7/h1H,(H2,8,14)(H2,9,15)(H,10,11,12,13). The van der Waals surface area contributed by atoms with Crippen molar-refractivity contribution in [3.63, 3.8) is 0 Å². The van der Waals surface area contributed by atoms with Crippen LogP contribution in [0.5, 0.6) is 0 Å². The molecule has 0 aliphatic rings. The van der Waals surface area contributed by atoms with Gasteiger partial charge < -0.3 is 11.5 Å². The topological polar surface area (TPSA) is 141 Å². The first-order valence-electron chi connectivity index (χ1n) is 4.07. The van der Waals surface area contributed by atoms with E-state index in [1.165, 1.54) is 6.07 Å². The molecule has 0 bridgehead atoms. The van der Waals surface area contributed by atoms with Crippen molar-refractivity contribution in [2.24, 2.45) is 11.5 Å². The zero-order valence-electron chi connectivity index (χ0n) is 7.80. The Morgan fingerprint density at radius 2 is 2.06 bits per heavy atom. The number of nitrogens with zero attached hydrogens (tertiary/aromatic N) is 3. The molecule has 0 radical (unpaired) electrons. The molecule has 2 amide bonds. The number of H-pyrrole nitrogens is 1. The first kappa shape index (κ1) is 10.2. The minimum absolute atomic E-state index is 0.187. The number of aromatic amines is 1. The molecule has 0 atom stereocenters. The van der Waals surface area contributed by atoms with Crippen molar-refractivity contribution in [3.8, 4) is 11.4 Å². The average molecular weight is 238 g/mol. The Bertz CT molecular complexity index is 545. The quantitative estimate of drug-likeness (QED) is 0.637. The van der Waals surface area contributed by atoms with E-state index < -0.39 is 11.8 Å².